The maximum atomic E-state index is 11.6. The number of aliphatic hydroxyl groups is 3. The smallest absolute Gasteiger partial charge is 0.237 e. The van der Waals surface area contributed by atoms with Crippen molar-refractivity contribution in [1.29, 1.82) is 0 Å². The molecule has 6 heteroatoms. The first-order valence-electron chi connectivity index (χ1n) is 6.56. The summed E-state index contributed by atoms with van der Waals surface area (Å²) >= 11 is 0. The van der Waals surface area contributed by atoms with Crippen molar-refractivity contribution >= 4 is 5.91 Å². The third-order valence-electron chi connectivity index (χ3n) is 3.90. The van der Waals surface area contributed by atoms with E-state index in [-0.39, 0.29) is 0 Å². The molecule has 2 rings (SSSR count). The number of amides is 1. The normalized spacial score (nSPS) is 34.9. The molecule has 0 aromatic heterocycles. The molecule has 6 nitrogen and oxygen atoms in total. The van der Waals surface area contributed by atoms with E-state index in [0.717, 1.165) is 5.56 Å². The van der Waals surface area contributed by atoms with Crippen LogP contribution in [0.5, 0.6) is 0 Å². The maximum Gasteiger partial charge on any atom is 0.237 e. The number of hydrogen-bond donors (Lipinski definition) is 4. The zero-order chi connectivity index (χ0) is 14.9. The van der Waals surface area contributed by atoms with Crippen LogP contribution in [0.4, 0.5) is 0 Å². The number of aliphatic hydroxyl groups excluding tert-OH is 3. The van der Waals surface area contributed by atoms with Crippen LogP contribution in [0.3, 0.4) is 0 Å². The monoisotopic (exact) mass is 280 g/mol. The molecule has 1 aromatic carbocycles. The van der Waals surface area contributed by atoms with E-state index < -0.39 is 36.3 Å². The first-order chi connectivity index (χ1) is 9.43. The Labute approximate surface area is 117 Å². The zero-order valence-corrected chi connectivity index (χ0v) is 11.3. The van der Waals surface area contributed by atoms with E-state index in [0.29, 0.717) is 6.54 Å². The second-order valence-electron chi connectivity index (χ2n) is 5.22. The lowest BCUT2D eigenvalue weighted by Crippen LogP contribution is -2.68. The highest BCUT2D eigenvalue weighted by molar-refractivity contribution is 5.81. The van der Waals surface area contributed by atoms with Crippen molar-refractivity contribution in [2.45, 2.75) is 43.9 Å². The number of benzene rings is 1. The molecule has 0 radical (unpaired) electrons. The number of hydrogen-bond acceptors (Lipinski definition) is 5. The molecule has 1 heterocycles. The molecule has 1 aromatic rings. The van der Waals surface area contributed by atoms with Gasteiger partial charge in [-0.15, -0.1) is 0 Å². The molecule has 110 valence electrons. The third kappa shape index (κ3) is 2.69. The lowest BCUT2D eigenvalue weighted by atomic mass is 9.88. The van der Waals surface area contributed by atoms with Crippen LogP contribution in [-0.4, -0.2) is 56.5 Å². The van der Waals surface area contributed by atoms with Crippen LogP contribution in [0.2, 0.25) is 0 Å². The van der Waals surface area contributed by atoms with E-state index in [9.17, 15) is 20.1 Å². The van der Waals surface area contributed by atoms with E-state index in [1.807, 2.05) is 30.3 Å². The Hall–Kier alpha value is -1.47. The Morgan fingerprint density at radius 2 is 1.75 bits per heavy atom. The molecule has 5 unspecified atom stereocenters. The van der Waals surface area contributed by atoms with Crippen LogP contribution in [0.1, 0.15) is 12.5 Å². The molecule has 0 spiro atoms. The van der Waals surface area contributed by atoms with Gasteiger partial charge in [0.1, 0.15) is 18.2 Å². The van der Waals surface area contributed by atoms with Gasteiger partial charge in [0.05, 0.1) is 6.10 Å². The Morgan fingerprint density at radius 1 is 1.15 bits per heavy atom. The summed E-state index contributed by atoms with van der Waals surface area (Å²) in [4.78, 5) is 13.2. The average molecular weight is 280 g/mol. The first-order valence-corrected chi connectivity index (χ1v) is 6.56. The molecule has 0 aliphatic carbocycles. The van der Waals surface area contributed by atoms with Gasteiger partial charge < -0.3 is 21.1 Å². The largest absolute Gasteiger partial charge is 0.389 e. The topological polar surface area (TPSA) is 107 Å². The summed E-state index contributed by atoms with van der Waals surface area (Å²) in [5, 5.41) is 29.7. The molecule has 1 saturated heterocycles. The number of primary amides is 1. The second-order valence-corrected chi connectivity index (χ2v) is 5.22. The first kappa shape index (κ1) is 14.9. The Kier molecular flexibility index (Phi) is 4.39. The van der Waals surface area contributed by atoms with E-state index in [1.54, 1.807) is 11.8 Å². The van der Waals surface area contributed by atoms with Gasteiger partial charge in [0.25, 0.3) is 0 Å². The predicted octanol–water partition coefficient (Wildman–Crippen LogP) is -1.17. The van der Waals surface area contributed by atoms with Crippen molar-refractivity contribution in [3.05, 3.63) is 35.9 Å². The summed E-state index contributed by atoms with van der Waals surface area (Å²) in [6, 6.07) is 7.86. The van der Waals surface area contributed by atoms with Gasteiger partial charge in [-0.2, -0.15) is 0 Å². The van der Waals surface area contributed by atoms with Gasteiger partial charge in [-0.05, 0) is 12.5 Å². The third-order valence-corrected chi connectivity index (χ3v) is 3.90. The summed E-state index contributed by atoms with van der Waals surface area (Å²) in [6.45, 7) is 2.05. The number of nitrogens with two attached hydrogens (primary N) is 1. The fraction of sp³-hybridized carbons (Fsp3) is 0.500. The summed E-state index contributed by atoms with van der Waals surface area (Å²) in [5.74, 6) is -0.716. The van der Waals surface area contributed by atoms with Gasteiger partial charge in [-0.1, -0.05) is 30.3 Å². The van der Waals surface area contributed by atoms with Crippen LogP contribution in [0, 0.1) is 0 Å². The van der Waals surface area contributed by atoms with Gasteiger partial charge >= 0.3 is 0 Å². The minimum atomic E-state index is -1.40. The molecule has 0 bridgehead atoms. The molecular weight excluding hydrogens is 260 g/mol. The molecule has 1 aliphatic rings. The Morgan fingerprint density at radius 3 is 2.30 bits per heavy atom. The van der Waals surface area contributed by atoms with Gasteiger partial charge in [-0.3, -0.25) is 9.69 Å². The van der Waals surface area contributed by atoms with Gasteiger partial charge in [0.15, 0.2) is 0 Å². The molecule has 1 fully saturated rings. The predicted molar refractivity (Wildman–Crippen MR) is 72.4 cm³/mol. The highest BCUT2D eigenvalue weighted by Crippen LogP contribution is 2.26. The Bertz CT molecular complexity index is 468. The van der Waals surface area contributed by atoms with E-state index in [4.69, 9.17) is 5.73 Å². The van der Waals surface area contributed by atoms with E-state index in [1.165, 1.54) is 0 Å². The molecular formula is C14H20N2O4. The van der Waals surface area contributed by atoms with Crippen molar-refractivity contribution in [1.82, 2.24) is 4.90 Å². The Balaban J connectivity index is 2.28. The highest BCUT2D eigenvalue weighted by atomic mass is 16.4. The van der Waals surface area contributed by atoms with E-state index in [2.05, 4.69) is 0 Å². The second kappa shape index (κ2) is 5.88. The fourth-order valence-corrected chi connectivity index (χ4v) is 2.69. The van der Waals surface area contributed by atoms with Gasteiger partial charge in [-0.25, -0.2) is 0 Å². The lowest BCUT2D eigenvalue weighted by Gasteiger charge is -2.46. The number of likely N-dealkylation sites (tertiary alicyclic amines) is 1. The van der Waals surface area contributed by atoms with Crippen LogP contribution in [0.15, 0.2) is 30.3 Å². The summed E-state index contributed by atoms with van der Waals surface area (Å²) < 4.78 is 0. The van der Waals surface area contributed by atoms with Gasteiger partial charge in [0.2, 0.25) is 5.91 Å². The SMILES string of the molecule is CC1C(O)C(O)C(O)C(C(N)=O)N1Cc1ccccc1. The molecule has 1 amide bonds. The minimum Gasteiger partial charge on any atom is -0.389 e. The highest BCUT2D eigenvalue weighted by Gasteiger charge is 2.48. The van der Waals surface area contributed by atoms with Crippen molar-refractivity contribution in [2.75, 3.05) is 0 Å². The minimum absolute atomic E-state index is 0.358. The average Bonchev–Trinajstić information content (AvgIpc) is 2.43. The van der Waals surface area contributed by atoms with Crippen molar-refractivity contribution < 1.29 is 20.1 Å². The standard InChI is InChI=1S/C14H20N2O4/c1-8-11(17)13(19)12(18)10(14(15)20)16(8)7-9-5-3-2-4-6-9/h2-6,8,10-13,17-19H,7H2,1H3,(H2,15,20). The summed E-state index contributed by atoms with van der Waals surface area (Å²) in [6.07, 6.45) is -3.92. The van der Waals surface area contributed by atoms with Crippen LogP contribution in [-0.2, 0) is 11.3 Å². The number of carbonyl (C=O) groups excluding carboxylic acids is 1. The van der Waals surface area contributed by atoms with E-state index >= 15 is 0 Å². The summed E-state index contributed by atoms with van der Waals surface area (Å²) in [7, 11) is 0. The number of carbonyl (C=O) groups is 1. The number of piperidine rings is 1. The van der Waals surface area contributed by atoms with Crippen LogP contribution < -0.4 is 5.73 Å². The molecule has 20 heavy (non-hydrogen) atoms. The van der Waals surface area contributed by atoms with Crippen molar-refractivity contribution in [2.24, 2.45) is 5.73 Å². The summed E-state index contributed by atoms with van der Waals surface area (Å²) in [5.41, 5.74) is 6.27. The van der Waals surface area contributed by atoms with Crippen molar-refractivity contribution in [3.63, 3.8) is 0 Å². The molecule has 0 saturated carbocycles. The van der Waals surface area contributed by atoms with Crippen LogP contribution in [0.25, 0.3) is 0 Å². The number of rotatable bonds is 3. The molecule has 1 aliphatic heterocycles. The van der Waals surface area contributed by atoms with Gasteiger partial charge in [0, 0.05) is 12.6 Å². The molecule has 5 atom stereocenters. The van der Waals surface area contributed by atoms with Crippen LogP contribution >= 0.6 is 0 Å². The molecule has 5 N–H and O–H groups in total. The van der Waals surface area contributed by atoms with Crippen molar-refractivity contribution in [3.8, 4) is 0 Å². The fourth-order valence-electron chi connectivity index (χ4n) is 2.69. The lowest BCUT2D eigenvalue weighted by molar-refractivity contribution is -0.171. The number of nitrogens with zero attached hydrogens (tertiary/aromatic N) is 1. The quantitative estimate of drug-likeness (QED) is 0.558. The maximum absolute atomic E-state index is 11.6. The zero-order valence-electron chi connectivity index (χ0n) is 11.3.